The lowest BCUT2D eigenvalue weighted by atomic mass is 10.1. The van der Waals surface area contributed by atoms with Crippen LogP contribution in [0.3, 0.4) is 0 Å². The third-order valence-electron chi connectivity index (χ3n) is 2.77. The largest absolute Gasteiger partial charge is 0.494 e. The molecule has 0 aliphatic heterocycles. The van der Waals surface area contributed by atoms with E-state index in [0.717, 1.165) is 10.5 Å². The molecule has 2 N–H and O–H groups in total. The molecule has 2 rings (SSSR count). The van der Waals surface area contributed by atoms with Gasteiger partial charge >= 0.3 is 5.97 Å². The van der Waals surface area contributed by atoms with Crippen molar-refractivity contribution in [2.45, 2.75) is 0 Å². The first kappa shape index (κ1) is 16.0. The standard InChI is InChI=1S/C15H12BrFN2O3/c1-22-13-8-9(2-7-12(13)17)14(15(20)21)19-18-11-5-3-10(16)4-6-11/h2-8,18H,1H3,(H,20,21)/b19-14-. The van der Waals surface area contributed by atoms with Gasteiger partial charge in [0.2, 0.25) is 0 Å². The molecule has 0 aliphatic carbocycles. The van der Waals surface area contributed by atoms with Crippen molar-refractivity contribution in [1.82, 2.24) is 0 Å². The van der Waals surface area contributed by atoms with Crippen molar-refractivity contribution in [3.8, 4) is 5.75 Å². The van der Waals surface area contributed by atoms with Gasteiger partial charge in [-0.1, -0.05) is 15.9 Å². The van der Waals surface area contributed by atoms with Crippen LogP contribution in [-0.2, 0) is 4.79 Å². The monoisotopic (exact) mass is 366 g/mol. The van der Waals surface area contributed by atoms with Crippen LogP contribution < -0.4 is 10.2 Å². The summed E-state index contributed by atoms with van der Waals surface area (Å²) in [5, 5.41) is 13.1. The van der Waals surface area contributed by atoms with Gasteiger partial charge in [-0.3, -0.25) is 5.43 Å². The van der Waals surface area contributed by atoms with Gasteiger partial charge in [0.25, 0.3) is 0 Å². The third kappa shape index (κ3) is 3.82. The maximum atomic E-state index is 13.4. The maximum Gasteiger partial charge on any atom is 0.356 e. The number of rotatable bonds is 5. The number of aliphatic carboxylic acids is 1. The normalized spacial score (nSPS) is 11.1. The molecule has 7 heteroatoms. The molecular weight excluding hydrogens is 355 g/mol. The van der Waals surface area contributed by atoms with Gasteiger partial charge in [-0.2, -0.15) is 5.10 Å². The summed E-state index contributed by atoms with van der Waals surface area (Å²) in [6, 6.07) is 10.8. The Morgan fingerprint density at radius 2 is 1.95 bits per heavy atom. The van der Waals surface area contributed by atoms with Crippen molar-refractivity contribution in [3.05, 3.63) is 58.3 Å². The Hall–Kier alpha value is -2.41. The molecule has 0 aliphatic rings. The summed E-state index contributed by atoms with van der Waals surface area (Å²) in [4.78, 5) is 11.3. The number of hydrogen-bond donors (Lipinski definition) is 2. The van der Waals surface area contributed by atoms with E-state index in [0.29, 0.717) is 5.69 Å². The van der Waals surface area contributed by atoms with Crippen molar-refractivity contribution < 1.29 is 19.0 Å². The zero-order valence-electron chi connectivity index (χ0n) is 11.5. The lowest BCUT2D eigenvalue weighted by Gasteiger charge is -2.07. The van der Waals surface area contributed by atoms with Crippen LogP contribution >= 0.6 is 15.9 Å². The van der Waals surface area contributed by atoms with Crippen LogP contribution in [0.5, 0.6) is 5.75 Å². The smallest absolute Gasteiger partial charge is 0.356 e. The number of carboxylic acids is 1. The maximum absolute atomic E-state index is 13.4. The molecule has 2 aromatic rings. The number of benzene rings is 2. The molecule has 0 unspecified atom stereocenters. The number of nitrogens with zero attached hydrogens (tertiary/aromatic N) is 1. The van der Waals surface area contributed by atoms with E-state index in [4.69, 9.17) is 4.74 Å². The Balaban J connectivity index is 2.31. The fraction of sp³-hybridized carbons (Fsp3) is 0.0667. The van der Waals surface area contributed by atoms with Gasteiger partial charge in [-0.15, -0.1) is 0 Å². The SMILES string of the molecule is COc1cc(/C(=N/Nc2ccc(Br)cc2)C(=O)O)ccc1F. The molecule has 0 bridgehead atoms. The third-order valence-corrected chi connectivity index (χ3v) is 3.30. The molecule has 0 fully saturated rings. The molecule has 2 aromatic carbocycles. The minimum atomic E-state index is -1.24. The Kier molecular flexibility index (Phi) is 5.11. The van der Waals surface area contributed by atoms with Crippen LogP contribution in [0.25, 0.3) is 0 Å². The first-order valence-electron chi connectivity index (χ1n) is 6.17. The minimum absolute atomic E-state index is 0.0462. The number of nitrogens with one attached hydrogen (secondary N) is 1. The minimum Gasteiger partial charge on any atom is -0.494 e. The fourth-order valence-corrected chi connectivity index (χ4v) is 1.95. The van der Waals surface area contributed by atoms with Crippen molar-refractivity contribution in [2.24, 2.45) is 5.10 Å². The summed E-state index contributed by atoms with van der Waals surface area (Å²) >= 11 is 3.30. The van der Waals surface area contributed by atoms with Gasteiger partial charge < -0.3 is 9.84 Å². The molecule has 22 heavy (non-hydrogen) atoms. The van der Waals surface area contributed by atoms with Gasteiger partial charge in [-0.05, 0) is 42.5 Å². The van der Waals surface area contributed by atoms with Crippen LogP contribution in [0.4, 0.5) is 10.1 Å². The zero-order valence-corrected chi connectivity index (χ0v) is 13.1. The summed E-state index contributed by atoms with van der Waals surface area (Å²) in [6.45, 7) is 0. The molecule has 5 nitrogen and oxygen atoms in total. The van der Waals surface area contributed by atoms with E-state index in [-0.39, 0.29) is 17.0 Å². The number of halogens is 2. The number of carboxylic acid groups (broad SMARTS) is 1. The molecule has 0 atom stereocenters. The Morgan fingerprint density at radius 3 is 2.55 bits per heavy atom. The van der Waals surface area contributed by atoms with E-state index in [1.165, 1.54) is 19.2 Å². The highest BCUT2D eigenvalue weighted by atomic mass is 79.9. The number of anilines is 1. The summed E-state index contributed by atoms with van der Waals surface area (Å²) in [7, 11) is 1.31. The molecule has 0 amide bonds. The van der Waals surface area contributed by atoms with Gasteiger partial charge in [0.1, 0.15) is 0 Å². The van der Waals surface area contributed by atoms with Crippen molar-refractivity contribution in [2.75, 3.05) is 12.5 Å². The van der Waals surface area contributed by atoms with Crippen LogP contribution in [0.15, 0.2) is 52.0 Å². The van der Waals surface area contributed by atoms with E-state index in [2.05, 4.69) is 26.5 Å². The molecule has 0 radical (unpaired) electrons. The predicted molar refractivity (Wildman–Crippen MR) is 84.9 cm³/mol. The molecule has 0 heterocycles. The van der Waals surface area contributed by atoms with E-state index in [9.17, 15) is 14.3 Å². The highest BCUT2D eigenvalue weighted by Gasteiger charge is 2.15. The lowest BCUT2D eigenvalue weighted by Crippen LogP contribution is -2.16. The van der Waals surface area contributed by atoms with Crippen molar-refractivity contribution in [3.63, 3.8) is 0 Å². The summed E-state index contributed by atoms with van der Waals surface area (Å²) in [6.07, 6.45) is 0. The fourth-order valence-electron chi connectivity index (χ4n) is 1.69. The van der Waals surface area contributed by atoms with Crippen molar-refractivity contribution in [1.29, 1.82) is 0 Å². The second-order valence-electron chi connectivity index (χ2n) is 4.23. The molecular formula is C15H12BrFN2O3. The number of ether oxygens (including phenoxy) is 1. The first-order valence-corrected chi connectivity index (χ1v) is 6.97. The summed E-state index contributed by atoms with van der Waals surface area (Å²) in [5.41, 5.74) is 3.26. The van der Waals surface area contributed by atoms with Gasteiger partial charge in [-0.25, -0.2) is 9.18 Å². The van der Waals surface area contributed by atoms with E-state index < -0.39 is 11.8 Å². The summed E-state index contributed by atoms with van der Waals surface area (Å²) in [5.74, 6) is -1.86. The Labute approximate surface area is 134 Å². The van der Waals surface area contributed by atoms with Gasteiger partial charge in [0, 0.05) is 10.0 Å². The second-order valence-corrected chi connectivity index (χ2v) is 5.15. The topological polar surface area (TPSA) is 70.9 Å². The van der Waals surface area contributed by atoms with E-state index in [1.807, 2.05) is 0 Å². The molecule has 0 saturated carbocycles. The number of hydrogen-bond acceptors (Lipinski definition) is 4. The Bertz CT molecular complexity index is 717. The predicted octanol–water partition coefficient (Wildman–Crippen LogP) is 3.50. The van der Waals surface area contributed by atoms with Crippen molar-refractivity contribution >= 4 is 33.3 Å². The van der Waals surface area contributed by atoms with Crippen LogP contribution in [0.1, 0.15) is 5.56 Å². The number of methoxy groups -OCH3 is 1. The van der Waals surface area contributed by atoms with E-state index >= 15 is 0 Å². The molecule has 0 aromatic heterocycles. The van der Waals surface area contributed by atoms with Crippen LogP contribution in [0, 0.1) is 5.82 Å². The highest BCUT2D eigenvalue weighted by Crippen LogP contribution is 2.19. The second kappa shape index (κ2) is 7.04. The first-order chi connectivity index (χ1) is 10.5. The zero-order chi connectivity index (χ0) is 16.1. The average Bonchev–Trinajstić information content (AvgIpc) is 2.50. The van der Waals surface area contributed by atoms with Gasteiger partial charge in [0.15, 0.2) is 17.3 Å². The number of carbonyl (C=O) groups is 1. The van der Waals surface area contributed by atoms with Crippen LogP contribution in [-0.4, -0.2) is 23.9 Å². The summed E-state index contributed by atoms with van der Waals surface area (Å²) < 4.78 is 19.1. The molecule has 114 valence electrons. The quantitative estimate of drug-likeness (QED) is 0.627. The highest BCUT2D eigenvalue weighted by molar-refractivity contribution is 9.10. The molecule has 0 saturated heterocycles. The molecule has 0 spiro atoms. The van der Waals surface area contributed by atoms with Crippen LogP contribution in [0.2, 0.25) is 0 Å². The number of hydrazone groups is 1. The average molecular weight is 367 g/mol. The lowest BCUT2D eigenvalue weighted by molar-refractivity contribution is -0.129. The van der Waals surface area contributed by atoms with Gasteiger partial charge in [0.05, 0.1) is 12.8 Å². The van der Waals surface area contributed by atoms with E-state index in [1.54, 1.807) is 24.3 Å². The Morgan fingerprint density at radius 1 is 1.27 bits per heavy atom.